The van der Waals surface area contributed by atoms with Gasteiger partial charge in [-0.3, -0.25) is 24.0 Å². The fourth-order valence-corrected chi connectivity index (χ4v) is 13.6. The number of hydrogen-bond acceptors (Lipinski definition) is 9. The quantitative estimate of drug-likeness (QED) is 0.0879. The zero-order valence-electron chi connectivity index (χ0n) is 33.4. The number of benzene rings is 4. The number of nitrogens with zero attached hydrogens (tertiary/aromatic N) is 5. The first-order valence-corrected chi connectivity index (χ1v) is 22.9. The van der Waals surface area contributed by atoms with Gasteiger partial charge in [0.15, 0.2) is 11.8 Å². The number of para-hydroxylation sites is 1. The molecular weight excluding hydrogens is 751 g/mol. The van der Waals surface area contributed by atoms with Crippen molar-refractivity contribution in [3.8, 4) is 5.75 Å². The van der Waals surface area contributed by atoms with Crippen molar-refractivity contribution in [3.05, 3.63) is 132 Å². The Hall–Kier alpha value is -5.63. The van der Waals surface area contributed by atoms with Gasteiger partial charge in [0, 0.05) is 36.8 Å². The summed E-state index contributed by atoms with van der Waals surface area (Å²) in [5.74, 6) is -0.406. The molecule has 3 aliphatic heterocycles. The number of rotatable bonds is 13. The molecule has 0 bridgehead atoms. The Kier molecular flexibility index (Phi) is 10.6. The lowest BCUT2D eigenvalue weighted by Crippen LogP contribution is -2.54. The molecule has 0 aliphatic carbocycles. The summed E-state index contributed by atoms with van der Waals surface area (Å²) in [6, 6.07) is 33.5. The van der Waals surface area contributed by atoms with Crippen LogP contribution in [0.2, 0.25) is 18.6 Å². The molecule has 300 valence electrons. The van der Waals surface area contributed by atoms with Crippen LogP contribution in [-0.2, 0) is 42.5 Å². The minimum atomic E-state index is -2.40. The van der Waals surface area contributed by atoms with Gasteiger partial charge in [-0.15, -0.1) is 5.10 Å². The van der Waals surface area contributed by atoms with Crippen LogP contribution in [-0.4, -0.2) is 72.0 Å². The topological polar surface area (TPSA) is 136 Å². The van der Waals surface area contributed by atoms with E-state index in [9.17, 15) is 14.7 Å². The van der Waals surface area contributed by atoms with Gasteiger partial charge in [-0.25, -0.2) is 0 Å². The van der Waals surface area contributed by atoms with Crippen molar-refractivity contribution in [2.45, 2.75) is 82.3 Å². The lowest BCUT2D eigenvalue weighted by atomic mass is 9.82. The highest BCUT2D eigenvalue weighted by atomic mass is 28.3. The summed E-state index contributed by atoms with van der Waals surface area (Å²) >= 11 is 0. The van der Waals surface area contributed by atoms with Crippen molar-refractivity contribution >= 4 is 42.4 Å². The van der Waals surface area contributed by atoms with Crippen LogP contribution < -0.4 is 19.7 Å². The number of hydrogen-bond donors (Lipinski definition) is 1. The molecule has 8 rings (SSSR count). The van der Waals surface area contributed by atoms with E-state index in [2.05, 4.69) is 42.5 Å². The summed E-state index contributed by atoms with van der Waals surface area (Å²) in [5, 5.41) is 20.5. The normalized spacial score (nSPS) is 23.2. The predicted octanol–water partition coefficient (Wildman–Crippen LogP) is 5.89. The maximum atomic E-state index is 15.3. The van der Waals surface area contributed by atoms with E-state index in [1.165, 1.54) is 17.0 Å². The molecule has 2 amide bonds. The number of esters is 1. The van der Waals surface area contributed by atoms with Gasteiger partial charge in [0.1, 0.15) is 5.75 Å². The summed E-state index contributed by atoms with van der Waals surface area (Å²) in [6.07, 6.45) is 1.67. The van der Waals surface area contributed by atoms with Crippen molar-refractivity contribution in [3.63, 3.8) is 0 Å². The number of aryl methyl sites for hydroxylation is 1. The molecule has 13 heteroatoms. The van der Waals surface area contributed by atoms with E-state index in [1.54, 1.807) is 7.11 Å². The number of aromatic nitrogens is 3. The van der Waals surface area contributed by atoms with Gasteiger partial charge >= 0.3 is 5.97 Å². The van der Waals surface area contributed by atoms with Crippen molar-refractivity contribution in [1.29, 1.82) is 0 Å². The van der Waals surface area contributed by atoms with Gasteiger partial charge in [-0.2, -0.15) is 0 Å². The number of aliphatic hydroxyl groups is 1. The minimum Gasteiger partial charge on any atom is -0.497 e. The largest absolute Gasteiger partial charge is 0.497 e. The Morgan fingerprint density at radius 2 is 1.74 bits per heavy atom. The molecule has 1 spiro atoms. The first-order chi connectivity index (χ1) is 28.0. The minimum absolute atomic E-state index is 0.0225. The number of methoxy groups -OCH3 is 1. The number of aliphatic hydroxyl groups excluding tert-OH is 1. The molecule has 3 aliphatic rings. The van der Waals surface area contributed by atoms with Gasteiger partial charge < -0.3 is 24.2 Å². The van der Waals surface area contributed by atoms with E-state index in [0.29, 0.717) is 24.3 Å². The Labute approximate surface area is 339 Å². The molecule has 1 N–H and O–H groups in total. The third kappa shape index (κ3) is 6.80. The highest BCUT2D eigenvalue weighted by molar-refractivity contribution is 6.91. The van der Waals surface area contributed by atoms with E-state index in [1.807, 2.05) is 107 Å². The molecule has 5 aromatic rings. The Balaban J connectivity index is 1.12. The fraction of sp³-hybridized carbons (Fsp3) is 0.356. The average molecular weight is 800 g/mol. The predicted molar refractivity (Wildman–Crippen MR) is 221 cm³/mol. The van der Waals surface area contributed by atoms with Crippen molar-refractivity contribution in [2.75, 3.05) is 23.5 Å². The van der Waals surface area contributed by atoms with Crippen LogP contribution in [0.15, 0.2) is 109 Å². The second-order valence-electron chi connectivity index (χ2n) is 16.1. The fourth-order valence-electron chi connectivity index (χ4n) is 9.56. The zero-order chi connectivity index (χ0) is 40.8. The Morgan fingerprint density at radius 3 is 2.45 bits per heavy atom. The van der Waals surface area contributed by atoms with Gasteiger partial charge in [0.2, 0.25) is 5.91 Å². The van der Waals surface area contributed by atoms with Crippen LogP contribution in [0.5, 0.6) is 5.75 Å². The van der Waals surface area contributed by atoms with Crippen LogP contribution in [0.3, 0.4) is 0 Å². The number of carbonyl (C=O) groups is 3. The molecular formula is C45H49N5O7Si. The molecule has 0 radical (unpaired) electrons. The molecule has 1 aromatic heterocycles. The van der Waals surface area contributed by atoms with E-state index in [-0.39, 0.29) is 54.9 Å². The average Bonchev–Trinajstić information content (AvgIpc) is 3.88. The molecule has 6 atom stereocenters. The zero-order valence-corrected chi connectivity index (χ0v) is 34.4. The van der Waals surface area contributed by atoms with Crippen LogP contribution in [0.4, 0.5) is 11.4 Å². The molecule has 4 aromatic carbocycles. The molecule has 2 unspecified atom stereocenters. The molecule has 0 saturated carbocycles. The van der Waals surface area contributed by atoms with Crippen molar-refractivity contribution in [1.82, 2.24) is 15.0 Å². The van der Waals surface area contributed by atoms with E-state index in [0.717, 1.165) is 28.1 Å². The standard InChI is InChI=1S/C45H49N5O7Si/c1-29-43(58(4,5)35-20-18-34(55-3)19-21-35)40(22-23-48-27-38(46-47-48)36(28-51)32-13-7-6-8-14-32)57-45(29)37-16-9-10-17-39(37)49(44(45)54)26-31-12-11-15-33(24-31)50-41(53)25-42(50)56-30(2)52/h6-21,24,27,29,36,40,42-43,51H,22-23,25-26,28H2,1-5H3/t29-,36?,40+,42?,43-,45+/m1/s1. The Morgan fingerprint density at radius 1 is 1.00 bits per heavy atom. The monoisotopic (exact) mass is 799 g/mol. The SMILES string of the molecule is COc1ccc([Si](C)(C)[C@H]2[C@H](CCn3cc(C(CO)c4ccccc4)nn3)O[C@@]3(C(=O)N(Cc4cccc(N5C(=O)CC5OC(C)=O)c4)c4ccccc43)[C@@H]2C)cc1. The molecule has 2 saturated heterocycles. The van der Waals surface area contributed by atoms with Gasteiger partial charge in [-0.05, 0) is 53.4 Å². The number of carbonyl (C=O) groups excluding carboxylic acids is 3. The molecule has 4 heterocycles. The number of β-lactam (4-membered cyclic amide) rings is 1. The summed E-state index contributed by atoms with van der Waals surface area (Å²) in [7, 11) is -0.731. The third-order valence-electron chi connectivity index (χ3n) is 12.4. The number of amides is 2. The van der Waals surface area contributed by atoms with E-state index < -0.39 is 25.9 Å². The smallest absolute Gasteiger partial charge is 0.304 e. The maximum absolute atomic E-state index is 15.3. The van der Waals surface area contributed by atoms with Crippen molar-refractivity contribution < 1.29 is 33.7 Å². The number of anilines is 2. The van der Waals surface area contributed by atoms with Crippen LogP contribution in [0.25, 0.3) is 0 Å². The molecule has 12 nitrogen and oxygen atoms in total. The molecule has 58 heavy (non-hydrogen) atoms. The third-order valence-corrected chi connectivity index (χ3v) is 16.8. The van der Waals surface area contributed by atoms with Crippen molar-refractivity contribution in [2.24, 2.45) is 5.92 Å². The second-order valence-corrected chi connectivity index (χ2v) is 20.8. The highest BCUT2D eigenvalue weighted by Gasteiger charge is 2.66. The summed E-state index contributed by atoms with van der Waals surface area (Å²) < 4.78 is 20.0. The maximum Gasteiger partial charge on any atom is 0.304 e. The summed E-state index contributed by atoms with van der Waals surface area (Å²) in [4.78, 5) is 43.0. The van der Waals surface area contributed by atoms with Gasteiger partial charge in [0.25, 0.3) is 5.91 Å². The van der Waals surface area contributed by atoms with E-state index in [4.69, 9.17) is 14.2 Å². The lowest BCUT2D eigenvalue weighted by molar-refractivity contribution is -0.154. The molecule has 2 fully saturated rings. The first-order valence-electron chi connectivity index (χ1n) is 19.8. The van der Waals surface area contributed by atoms with Gasteiger partial charge in [0.05, 0.1) is 58.2 Å². The van der Waals surface area contributed by atoms with Gasteiger partial charge in [-0.1, -0.05) is 103 Å². The first kappa shape index (κ1) is 39.2. The van der Waals surface area contributed by atoms with Crippen LogP contribution >= 0.6 is 0 Å². The number of fused-ring (bicyclic) bond motifs is 2. The summed E-state index contributed by atoms with van der Waals surface area (Å²) in [5.41, 5.74) is 3.51. The number of ether oxygens (including phenoxy) is 3. The second kappa shape index (κ2) is 15.6. The van der Waals surface area contributed by atoms with Crippen LogP contribution in [0, 0.1) is 5.92 Å². The lowest BCUT2D eigenvalue weighted by Gasteiger charge is -2.39. The highest BCUT2D eigenvalue weighted by Crippen LogP contribution is 2.60. The van der Waals surface area contributed by atoms with E-state index >= 15 is 4.79 Å². The van der Waals surface area contributed by atoms with Crippen LogP contribution in [0.1, 0.15) is 55.0 Å². The summed E-state index contributed by atoms with van der Waals surface area (Å²) in [6.45, 7) is 8.89. The Bertz CT molecular complexity index is 2320.